The van der Waals surface area contributed by atoms with E-state index in [1.54, 1.807) is 24.3 Å². The Morgan fingerprint density at radius 2 is 2.11 bits per heavy atom. The van der Waals surface area contributed by atoms with Crippen LogP contribution in [0, 0.1) is 0 Å². The summed E-state index contributed by atoms with van der Waals surface area (Å²) in [6.45, 7) is 0.845. The number of sulfone groups is 1. The van der Waals surface area contributed by atoms with E-state index in [4.69, 9.17) is 0 Å². The summed E-state index contributed by atoms with van der Waals surface area (Å²) >= 11 is 0. The molecule has 0 spiro atoms. The Labute approximate surface area is 112 Å². The van der Waals surface area contributed by atoms with E-state index in [0.717, 1.165) is 19.4 Å². The normalized spacial score (nSPS) is 28.0. The van der Waals surface area contributed by atoms with E-state index in [1.807, 2.05) is 0 Å². The highest BCUT2D eigenvalue weighted by Crippen LogP contribution is 2.33. The van der Waals surface area contributed by atoms with Crippen LogP contribution in [0.25, 0.3) is 0 Å². The van der Waals surface area contributed by atoms with Gasteiger partial charge in [0.2, 0.25) is 5.91 Å². The van der Waals surface area contributed by atoms with Crippen LogP contribution in [-0.2, 0) is 14.6 Å². The standard InChI is InChI=1S/C13H16N2O3S/c16-13(10-5-3-7-14-10)15-11-8-19(17,18)12-6-2-1-4-9(11)12/h1-2,4,6,10-11,14H,3,5,7-8H2,(H,15,16). The van der Waals surface area contributed by atoms with Crippen LogP contribution in [0.15, 0.2) is 29.2 Å². The lowest BCUT2D eigenvalue weighted by Crippen LogP contribution is -2.42. The molecule has 2 N–H and O–H groups in total. The van der Waals surface area contributed by atoms with Gasteiger partial charge >= 0.3 is 0 Å². The molecular formula is C13H16N2O3S. The zero-order valence-corrected chi connectivity index (χ0v) is 11.2. The van der Waals surface area contributed by atoms with Gasteiger partial charge in [-0.15, -0.1) is 0 Å². The predicted molar refractivity (Wildman–Crippen MR) is 70.4 cm³/mol. The summed E-state index contributed by atoms with van der Waals surface area (Å²) in [7, 11) is -3.26. The smallest absolute Gasteiger partial charge is 0.237 e. The van der Waals surface area contributed by atoms with Crippen LogP contribution in [0.2, 0.25) is 0 Å². The summed E-state index contributed by atoms with van der Waals surface area (Å²) in [5, 5.41) is 5.97. The van der Waals surface area contributed by atoms with Gasteiger partial charge in [-0.3, -0.25) is 4.79 Å². The average molecular weight is 280 g/mol. The number of carbonyl (C=O) groups is 1. The van der Waals surface area contributed by atoms with Crippen LogP contribution < -0.4 is 10.6 Å². The lowest BCUT2D eigenvalue weighted by Gasteiger charge is -2.16. The monoisotopic (exact) mass is 280 g/mol. The van der Waals surface area contributed by atoms with Crippen LogP contribution in [0.3, 0.4) is 0 Å². The van der Waals surface area contributed by atoms with Crippen molar-refractivity contribution in [3.8, 4) is 0 Å². The van der Waals surface area contributed by atoms with Gasteiger partial charge in [0.15, 0.2) is 9.84 Å². The number of amides is 1. The molecule has 1 saturated heterocycles. The van der Waals surface area contributed by atoms with Crippen molar-refractivity contribution in [2.45, 2.75) is 29.8 Å². The second kappa shape index (κ2) is 4.61. The topological polar surface area (TPSA) is 75.3 Å². The molecule has 3 rings (SSSR count). The molecule has 19 heavy (non-hydrogen) atoms. The van der Waals surface area contributed by atoms with Gasteiger partial charge in [-0.2, -0.15) is 0 Å². The molecule has 1 amide bonds. The van der Waals surface area contributed by atoms with Crippen LogP contribution in [-0.4, -0.2) is 32.7 Å². The van der Waals surface area contributed by atoms with E-state index in [-0.39, 0.29) is 17.7 Å². The molecule has 1 fully saturated rings. The molecule has 102 valence electrons. The van der Waals surface area contributed by atoms with Gasteiger partial charge in [0, 0.05) is 0 Å². The molecule has 0 bridgehead atoms. The summed E-state index contributed by atoms with van der Waals surface area (Å²) in [4.78, 5) is 12.4. The average Bonchev–Trinajstić information content (AvgIpc) is 2.98. The Morgan fingerprint density at radius 3 is 2.84 bits per heavy atom. The first-order valence-electron chi connectivity index (χ1n) is 6.43. The molecule has 0 saturated carbocycles. The van der Waals surface area contributed by atoms with E-state index < -0.39 is 15.9 Å². The molecule has 0 aromatic heterocycles. The fraction of sp³-hybridized carbons (Fsp3) is 0.462. The van der Waals surface area contributed by atoms with Crippen molar-refractivity contribution in [2.75, 3.05) is 12.3 Å². The van der Waals surface area contributed by atoms with Gasteiger partial charge < -0.3 is 10.6 Å². The van der Waals surface area contributed by atoms with Gasteiger partial charge in [0.1, 0.15) is 0 Å². The second-order valence-corrected chi connectivity index (χ2v) is 7.03. The SMILES string of the molecule is O=C(NC1CS(=O)(=O)c2ccccc21)C1CCCN1. The molecule has 2 unspecified atom stereocenters. The third-order valence-corrected chi connectivity index (χ3v) is 5.52. The molecule has 2 atom stereocenters. The van der Waals surface area contributed by atoms with Gasteiger partial charge in [0.25, 0.3) is 0 Å². The minimum atomic E-state index is -3.26. The number of carbonyl (C=O) groups excluding carboxylic acids is 1. The molecular weight excluding hydrogens is 264 g/mol. The number of fused-ring (bicyclic) bond motifs is 1. The first-order chi connectivity index (χ1) is 9.08. The highest BCUT2D eigenvalue weighted by atomic mass is 32.2. The molecule has 6 heteroatoms. The van der Waals surface area contributed by atoms with Gasteiger partial charge in [-0.25, -0.2) is 8.42 Å². The summed E-state index contributed by atoms with van der Waals surface area (Å²) in [6, 6.07) is 6.27. The first-order valence-corrected chi connectivity index (χ1v) is 8.08. The van der Waals surface area contributed by atoms with Gasteiger partial charge in [-0.05, 0) is 31.0 Å². The van der Waals surface area contributed by atoms with Crippen LogP contribution >= 0.6 is 0 Å². The van der Waals surface area contributed by atoms with Crippen molar-refractivity contribution in [1.82, 2.24) is 10.6 Å². The lowest BCUT2D eigenvalue weighted by atomic mass is 10.1. The lowest BCUT2D eigenvalue weighted by molar-refractivity contribution is -0.123. The van der Waals surface area contributed by atoms with Gasteiger partial charge in [-0.1, -0.05) is 18.2 Å². The summed E-state index contributed by atoms with van der Waals surface area (Å²) in [5.41, 5.74) is 0.703. The molecule has 2 aliphatic rings. The van der Waals surface area contributed by atoms with Gasteiger partial charge in [0.05, 0.1) is 22.7 Å². The quantitative estimate of drug-likeness (QED) is 0.821. The van der Waals surface area contributed by atoms with Crippen LogP contribution in [0.1, 0.15) is 24.4 Å². The van der Waals surface area contributed by atoms with Crippen molar-refractivity contribution in [3.05, 3.63) is 29.8 Å². The molecule has 2 aliphatic heterocycles. The Morgan fingerprint density at radius 1 is 1.32 bits per heavy atom. The zero-order valence-electron chi connectivity index (χ0n) is 10.4. The van der Waals surface area contributed by atoms with Crippen molar-refractivity contribution < 1.29 is 13.2 Å². The van der Waals surface area contributed by atoms with Crippen LogP contribution in [0.4, 0.5) is 0 Å². The third kappa shape index (κ3) is 2.26. The number of hydrogen-bond acceptors (Lipinski definition) is 4. The second-order valence-electron chi connectivity index (χ2n) is 5.03. The molecule has 1 aromatic carbocycles. The Hall–Kier alpha value is -1.40. The molecule has 0 aliphatic carbocycles. The number of hydrogen-bond donors (Lipinski definition) is 2. The van der Waals surface area contributed by atoms with Crippen molar-refractivity contribution in [1.29, 1.82) is 0 Å². The number of nitrogens with one attached hydrogen (secondary N) is 2. The molecule has 1 aromatic rings. The van der Waals surface area contributed by atoms with E-state index in [9.17, 15) is 13.2 Å². The van der Waals surface area contributed by atoms with Crippen LogP contribution in [0.5, 0.6) is 0 Å². The maximum Gasteiger partial charge on any atom is 0.237 e. The van der Waals surface area contributed by atoms with E-state index in [1.165, 1.54) is 0 Å². The zero-order chi connectivity index (χ0) is 13.5. The summed E-state index contributed by atoms with van der Waals surface area (Å²) in [6.07, 6.45) is 1.80. The van der Waals surface area contributed by atoms with Crippen molar-refractivity contribution in [3.63, 3.8) is 0 Å². The Balaban J connectivity index is 1.82. The minimum Gasteiger partial charge on any atom is -0.347 e. The maximum atomic E-state index is 12.1. The largest absolute Gasteiger partial charge is 0.347 e. The Kier molecular flexibility index (Phi) is 3.06. The van der Waals surface area contributed by atoms with Crippen molar-refractivity contribution >= 4 is 15.7 Å². The molecule has 2 heterocycles. The Bertz CT molecular complexity index is 606. The summed E-state index contributed by atoms with van der Waals surface area (Å²) in [5.74, 6) is -0.139. The fourth-order valence-corrected chi connectivity index (χ4v) is 4.49. The van der Waals surface area contributed by atoms with E-state index in [2.05, 4.69) is 10.6 Å². The molecule has 5 nitrogen and oxygen atoms in total. The van der Waals surface area contributed by atoms with Crippen molar-refractivity contribution in [2.24, 2.45) is 0 Å². The fourth-order valence-electron chi connectivity index (χ4n) is 2.75. The number of rotatable bonds is 2. The van der Waals surface area contributed by atoms with E-state index >= 15 is 0 Å². The maximum absolute atomic E-state index is 12.1. The highest BCUT2D eigenvalue weighted by molar-refractivity contribution is 7.91. The predicted octanol–water partition coefficient (Wildman–Crippen LogP) is 0.383. The van der Waals surface area contributed by atoms with E-state index in [0.29, 0.717) is 10.5 Å². The highest BCUT2D eigenvalue weighted by Gasteiger charge is 2.36. The molecule has 0 radical (unpaired) electrons. The minimum absolute atomic E-state index is 0.0369. The number of benzene rings is 1. The first kappa shape index (κ1) is 12.6. The summed E-state index contributed by atoms with van der Waals surface area (Å²) < 4.78 is 24.0. The third-order valence-electron chi connectivity index (χ3n) is 3.71.